The molecule has 0 aromatic carbocycles. The molecule has 0 amide bonds. The number of hydrogen-bond acceptors (Lipinski definition) is 4. The lowest BCUT2D eigenvalue weighted by Gasteiger charge is -2.36. The maximum Gasteiger partial charge on any atom is 0.119 e. The van der Waals surface area contributed by atoms with Crippen LogP contribution in [-0.2, 0) is 4.74 Å². The number of aliphatic hydroxyl groups excluding tert-OH is 3. The minimum Gasteiger partial charge on any atom is -0.510 e. The van der Waals surface area contributed by atoms with E-state index < -0.39 is 24.4 Å². The summed E-state index contributed by atoms with van der Waals surface area (Å²) in [5, 5.41) is 30.4. The Labute approximate surface area is 147 Å². The molecule has 0 radical (unpaired) electrons. The van der Waals surface area contributed by atoms with Crippen molar-refractivity contribution in [2.75, 3.05) is 0 Å². The van der Waals surface area contributed by atoms with Crippen molar-refractivity contribution in [1.29, 1.82) is 0 Å². The van der Waals surface area contributed by atoms with E-state index in [-0.39, 0.29) is 11.2 Å². The van der Waals surface area contributed by atoms with Crippen molar-refractivity contribution in [3.05, 3.63) is 11.8 Å². The van der Waals surface area contributed by atoms with E-state index in [4.69, 9.17) is 4.74 Å². The lowest BCUT2D eigenvalue weighted by Crippen LogP contribution is -2.41. The van der Waals surface area contributed by atoms with Crippen molar-refractivity contribution in [2.24, 2.45) is 5.41 Å². The van der Waals surface area contributed by atoms with Gasteiger partial charge in [-0.15, -0.1) is 0 Å². The van der Waals surface area contributed by atoms with Crippen molar-refractivity contribution in [1.82, 2.24) is 0 Å². The summed E-state index contributed by atoms with van der Waals surface area (Å²) in [7, 11) is 0. The van der Waals surface area contributed by atoms with Gasteiger partial charge in [-0.05, 0) is 37.7 Å². The second-order valence-corrected chi connectivity index (χ2v) is 7.82. The zero-order valence-electron chi connectivity index (χ0n) is 16.0. The van der Waals surface area contributed by atoms with Crippen molar-refractivity contribution in [3.8, 4) is 0 Å². The lowest BCUT2D eigenvalue weighted by atomic mass is 9.74. The Balaban J connectivity index is 2.75. The van der Waals surface area contributed by atoms with Crippen LogP contribution >= 0.6 is 0 Å². The van der Waals surface area contributed by atoms with Crippen LogP contribution in [-0.4, -0.2) is 39.7 Å². The monoisotopic (exact) mass is 342 g/mol. The van der Waals surface area contributed by atoms with Crippen molar-refractivity contribution >= 4 is 0 Å². The topological polar surface area (TPSA) is 69.9 Å². The normalized spacial score (nSPS) is 30.5. The molecule has 0 aromatic heterocycles. The van der Waals surface area contributed by atoms with Crippen LogP contribution in [0.4, 0.5) is 0 Å². The molecule has 0 spiro atoms. The highest BCUT2D eigenvalue weighted by Gasteiger charge is 2.37. The Morgan fingerprint density at radius 3 is 2.29 bits per heavy atom. The molecule has 142 valence electrons. The fourth-order valence-corrected chi connectivity index (χ4v) is 3.61. The Kier molecular flexibility index (Phi) is 9.32. The molecule has 3 N–H and O–H groups in total. The highest BCUT2D eigenvalue weighted by molar-refractivity contribution is 5.07. The van der Waals surface area contributed by atoms with Gasteiger partial charge in [0.05, 0.1) is 6.10 Å². The molecule has 4 heteroatoms. The summed E-state index contributed by atoms with van der Waals surface area (Å²) >= 11 is 0. The first kappa shape index (κ1) is 21.5. The summed E-state index contributed by atoms with van der Waals surface area (Å²) in [6.45, 7) is 8.45. The molecule has 0 bridgehead atoms. The molecule has 5 atom stereocenters. The molecule has 1 rings (SSSR count). The average molecular weight is 343 g/mol. The van der Waals surface area contributed by atoms with E-state index in [9.17, 15) is 15.3 Å². The van der Waals surface area contributed by atoms with Gasteiger partial charge >= 0.3 is 0 Å². The summed E-state index contributed by atoms with van der Waals surface area (Å²) in [4.78, 5) is 0. The zero-order valence-corrected chi connectivity index (χ0v) is 16.0. The van der Waals surface area contributed by atoms with Gasteiger partial charge < -0.3 is 20.1 Å². The maximum absolute atomic E-state index is 10.4. The van der Waals surface area contributed by atoms with E-state index in [0.29, 0.717) is 6.42 Å². The quantitative estimate of drug-likeness (QED) is 0.511. The molecule has 0 aromatic rings. The molecule has 0 aliphatic carbocycles. The first-order valence-electron chi connectivity index (χ1n) is 9.75. The highest BCUT2D eigenvalue weighted by Crippen LogP contribution is 2.38. The van der Waals surface area contributed by atoms with Crippen LogP contribution in [0.1, 0.15) is 85.5 Å². The van der Waals surface area contributed by atoms with Gasteiger partial charge in [0, 0.05) is 0 Å². The van der Waals surface area contributed by atoms with E-state index in [2.05, 4.69) is 20.8 Å². The Bertz CT molecular complexity index is 382. The van der Waals surface area contributed by atoms with Crippen LogP contribution in [0.15, 0.2) is 11.8 Å². The molecule has 2 unspecified atom stereocenters. The van der Waals surface area contributed by atoms with Gasteiger partial charge in [0.15, 0.2) is 0 Å². The van der Waals surface area contributed by atoms with Crippen LogP contribution < -0.4 is 0 Å². The second-order valence-electron chi connectivity index (χ2n) is 7.82. The first-order chi connectivity index (χ1) is 11.3. The first-order valence-corrected chi connectivity index (χ1v) is 9.75. The van der Waals surface area contributed by atoms with Crippen LogP contribution in [0, 0.1) is 5.41 Å². The summed E-state index contributed by atoms with van der Waals surface area (Å²) in [6, 6.07) is 0. The molecular formula is C20H38O4. The molecular weight excluding hydrogens is 304 g/mol. The van der Waals surface area contributed by atoms with Crippen molar-refractivity contribution in [2.45, 2.75) is 110 Å². The average Bonchev–Trinajstić information content (AvgIpc) is 2.63. The predicted octanol–water partition coefficient (Wildman–Crippen LogP) is 4.49. The minimum atomic E-state index is -1.07. The number of unbranched alkanes of at least 4 members (excludes halogenated alkanes) is 4. The molecule has 1 heterocycles. The van der Waals surface area contributed by atoms with Crippen LogP contribution in [0.3, 0.4) is 0 Å². The third-order valence-electron chi connectivity index (χ3n) is 5.33. The fourth-order valence-electron chi connectivity index (χ4n) is 3.61. The van der Waals surface area contributed by atoms with Crippen LogP contribution in [0.25, 0.3) is 0 Å². The molecule has 1 aliphatic heterocycles. The lowest BCUT2D eigenvalue weighted by molar-refractivity contribution is -0.106. The SMILES string of the molecule is CCCCCCC(C)(CCCC)C[C@H]1OC(C)C(O)=C[C@@H](O)[C@@H]1O. The maximum atomic E-state index is 10.4. The van der Waals surface area contributed by atoms with Gasteiger partial charge in [0.25, 0.3) is 0 Å². The molecule has 0 saturated carbocycles. The minimum absolute atomic E-state index is 0.00209. The smallest absolute Gasteiger partial charge is 0.119 e. The third-order valence-corrected chi connectivity index (χ3v) is 5.33. The van der Waals surface area contributed by atoms with E-state index >= 15 is 0 Å². The van der Waals surface area contributed by atoms with Crippen molar-refractivity contribution in [3.63, 3.8) is 0 Å². The summed E-state index contributed by atoms with van der Waals surface area (Å²) in [6.07, 6.45) is 8.47. The Morgan fingerprint density at radius 2 is 1.67 bits per heavy atom. The van der Waals surface area contributed by atoms with E-state index in [1.807, 2.05) is 0 Å². The van der Waals surface area contributed by atoms with Gasteiger partial charge in [-0.3, -0.25) is 0 Å². The van der Waals surface area contributed by atoms with E-state index in [0.717, 1.165) is 25.7 Å². The summed E-state index contributed by atoms with van der Waals surface area (Å²) in [5.74, 6) is 0.00209. The third kappa shape index (κ3) is 6.73. The molecule has 0 saturated heterocycles. The highest BCUT2D eigenvalue weighted by atomic mass is 16.5. The molecule has 1 aliphatic rings. The van der Waals surface area contributed by atoms with Crippen LogP contribution in [0.5, 0.6) is 0 Å². The van der Waals surface area contributed by atoms with Crippen molar-refractivity contribution < 1.29 is 20.1 Å². The Hall–Kier alpha value is -0.580. The van der Waals surface area contributed by atoms with Gasteiger partial charge in [0.1, 0.15) is 24.1 Å². The number of hydrogen-bond donors (Lipinski definition) is 3. The number of aliphatic hydroxyl groups is 3. The van der Waals surface area contributed by atoms with Crippen LogP contribution in [0.2, 0.25) is 0 Å². The van der Waals surface area contributed by atoms with Gasteiger partial charge in [0.2, 0.25) is 0 Å². The van der Waals surface area contributed by atoms with E-state index in [1.165, 1.54) is 31.8 Å². The number of ether oxygens (including phenoxy) is 1. The van der Waals surface area contributed by atoms with E-state index in [1.54, 1.807) is 6.92 Å². The Morgan fingerprint density at radius 1 is 1.04 bits per heavy atom. The van der Waals surface area contributed by atoms with Gasteiger partial charge in [-0.1, -0.05) is 59.3 Å². The molecule has 24 heavy (non-hydrogen) atoms. The molecule has 4 nitrogen and oxygen atoms in total. The fraction of sp³-hybridized carbons (Fsp3) is 0.900. The molecule has 0 fully saturated rings. The van der Waals surface area contributed by atoms with Gasteiger partial charge in [-0.25, -0.2) is 0 Å². The largest absolute Gasteiger partial charge is 0.510 e. The van der Waals surface area contributed by atoms with Gasteiger partial charge in [-0.2, -0.15) is 0 Å². The zero-order chi connectivity index (χ0) is 18.2. The standard InChI is InChI=1S/C20H38O4/c1-5-7-9-10-12-20(4,11-8-6-2)14-18-19(23)17(22)13-16(21)15(3)24-18/h13,15,17-19,21-23H,5-12,14H2,1-4H3/t15?,17-,18-,19+,20?/m1/s1. The number of rotatable bonds is 10. The second kappa shape index (κ2) is 10.4. The predicted molar refractivity (Wildman–Crippen MR) is 98.1 cm³/mol. The summed E-state index contributed by atoms with van der Waals surface area (Å²) in [5.41, 5.74) is 0.0921. The summed E-state index contributed by atoms with van der Waals surface area (Å²) < 4.78 is 5.88.